The number of benzene rings is 1. The predicted molar refractivity (Wildman–Crippen MR) is 64.8 cm³/mol. The van der Waals surface area contributed by atoms with Crippen LogP contribution in [0.2, 0.25) is 0 Å². The molecule has 0 heterocycles. The summed E-state index contributed by atoms with van der Waals surface area (Å²) >= 11 is 0. The van der Waals surface area contributed by atoms with Crippen molar-refractivity contribution >= 4 is 0 Å². The van der Waals surface area contributed by atoms with Crippen molar-refractivity contribution in [2.45, 2.75) is 45.7 Å². The minimum Gasteiger partial charge on any atom is -0.310 e. The lowest BCUT2D eigenvalue weighted by Gasteiger charge is -2.13. The van der Waals surface area contributed by atoms with Gasteiger partial charge in [-0.15, -0.1) is 0 Å². The van der Waals surface area contributed by atoms with Crippen molar-refractivity contribution in [2.24, 2.45) is 5.92 Å². The fourth-order valence-electron chi connectivity index (χ4n) is 2.06. The van der Waals surface area contributed by atoms with Gasteiger partial charge in [0.05, 0.1) is 0 Å². The highest BCUT2D eigenvalue weighted by molar-refractivity contribution is 5.23. The van der Waals surface area contributed by atoms with E-state index in [1.165, 1.54) is 19.3 Å². The molecule has 0 spiro atoms. The zero-order valence-electron chi connectivity index (χ0n) is 10.1. The normalized spacial score (nSPS) is 17.4. The Morgan fingerprint density at radius 3 is 2.88 bits per heavy atom. The van der Waals surface area contributed by atoms with E-state index in [1.54, 1.807) is 6.07 Å². The lowest BCUT2D eigenvalue weighted by atomic mass is 10.1. The topological polar surface area (TPSA) is 12.0 Å². The molecule has 1 atom stereocenters. The summed E-state index contributed by atoms with van der Waals surface area (Å²) in [5, 5.41) is 3.40. The van der Waals surface area contributed by atoms with Crippen molar-refractivity contribution < 1.29 is 4.39 Å². The van der Waals surface area contributed by atoms with Crippen LogP contribution in [0.5, 0.6) is 0 Å². The molecule has 0 radical (unpaired) electrons. The number of hydrogen-bond donors (Lipinski definition) is 1. The molecule has 2 rings (SSSR count). The van der Waals surface area contributed by atoms with Gasteiger partial charge < -0.3 is 5.32 Å². The van der Waals surface area contributed by atoms with E-state index in [1.807, 2.05) is 19.1 Å². The van der Waals surface area contributed by atoms with E-state index >= 15 is 0 Å². The minimum atomic E-state index is -0.100. The molecule has 0 bridgehead atoms. The van der Waals surface area contributed by atoms with Crippen LogP contribution in [-0.2, 0) is 6.54 Å². The van der Waals surface area contributed by atoms with Crippen LogP contribution in [0, 0.1) is 18.7 Å². The van der Waals surface area contributed by atoms with Gasteiger partial charge >= 0.3 is 0 Å². The molecular weight excluding hydrogens is 201 g/mol. The zero-order valence-corrected chi connectivity index (χ0v) is 10.1. The van der Waals surface area contributed by atoms with Gasteiger partial charge in [0.15, 0.2) is 0 Å². The summed E-state index contributed by atoms with van der Waals surface area (Å²) in [7, 11) is 0. The van der Waals surface area contributed by atoms with E-state index in [0.29, 0.717) is 12.6 Å². The van der Waals surface area contributed by atoms with E-state index in [-0.39, 0.29) is 5.82 Å². The second kappa shape index (κ2) is 4.96. The Hall–Kier alpha value is -0.890. The molecule has 1 aromatic carbocycles. The van der Waals surface area contributed by atoms with E-state index in [2.05, 4.69) is 12.2 Å². The quantitative estimate of drug-likeness (QED) is 0.803. The first kappa shape index (κ1) is 11.6. The first-order valence-corrected chi connectivity index (χ1v) is 6.13. The third-order valence-corrected chi connectivity index (χ3v) is 3.23. The predicted octanol–water partition coefficient (Wildman–Crippen LogP) is 3.41. The summed E-state index contributed by atoms with van der Waals surface area (Å²) in [6, 6.07) is 5.78. The largest absolute Gasteiger partial charge is 0.310 e. The third-order valence-electron chi connectivity index (χ3n) is 3.23. The first-order chi connectivity index (χ1) is 7.65. The molecule has 0 amide bonds. The first-order valence-electron chi connectivity index (χ1n) is 6.13. The van der Waals surface area contributed by atoms with Crippen molar-refractivity contribution in [2.75, 3.05) is 0 Å². The molecule has 1 aromatic rings. The van der Waals surface area contributed by atoms with Gasteiger partial charge in [0.1, 0.15) is 5.82 Å². The molecule has 0 aromatic heterocycles. The molecule has 0 aliphatic heterocycles. The summed E-state index contributed by atoms with van der Waals surface area (Å²) in [5.41, 5.74) is 1.90. The van der Waals surface area contributed by atoms with Crippen LogP contribution in [0.15, 0.2) is 18.2 Å². The fraction of sp³-hybridized carbons (Fsp3) is 0.571. The van der Waals surface area contributed by atoms with Crippen LogP contribution in [0.1, 0.15) is 37.3 Å². The summed E-state index contributed by atoms with van der Waals surface area (Å²) < 4.78 is 13.5. The van der Waals surface area contributed by atoms with Gasteiger partial charge in [-0.05, 0) is 32.3 Å². The molecule has 1 nitrogen and oxygen atoms in total. The molecule has 1 N–H and O–H groups in total. The van der Waals surface area contributed by atoms with E-state index in [4.69, 9.17) is 0 Å². The smallest absolute Gasteiger partial charge is 0.127 e. The third kappa shape index (κ3) is 3.31. The molecular formula is C14H20FN. The van der Waals surface area contributed by atoms with E-state index < -0.39 is 0 Å². The van der Waals surface area contributed by atoms with Gasteiger partial charge in [-0.3, -0.25) is 0 Å². The summed E-state index contributed by atoms with van der Waals surface area (Å²) in [6.45, 7) is 4.82. The second-order valence-electron chi connectivity index (χ2n) is 5.06. The maximum absolute atomic E-state index is 13.5. The van der Waals surface area contributed by atoms with E-state index in [0.717, 1.165) is 17.0 Å². The molecule has 88 valence electrons. The highest BCUT2D eigenvalue weighted by Crippen LogP contribution is 2.33. The van der Waals surface area contributed by atoms with Crippen LogP contribution >= 0.6 is 0 Å². The molecule has 2 heteroatoms. The Balaban J connectivity index is 1.85. The van der Waals surface area contributed by atoms with Crippen LogP contribution in [-0.4, -0.2) is 6.04 Å². The number of hydrogen-bond acceptors (Lipinski definition) is 1. The molecule has 1 saturated carbocycles. The number of nitrogens with one attached hydrogen (secondary N) is 1. The molecule has 1 aliphatic carbocycles. The highest BCUT2D eigenvalue weighted by Gasteiger charge is 2.23. The molecule has 1 aliphatic rings. The lowest BCUT2D eigenvalue weighted by molar-refractivity contribution is 0.478. The Bertz CT molecular complexity index is 358. The average Bonchev–Trinajstić information content (AvgIpc) is 3.03. The average molecular weight is 221 g/mol. The fourth-order valence-corrected chi connectivity index (χ4v) is 2.06. The van der Waals surface area contributed by atoms with Gasteiger partial charge in [-0.1, -0.05) is 30.5 Å². The van der Waals surface area contributed by atoms with Crippen molar-refractivity contribution in [3.8, 4) is 0 Å². The second-order valence-corrected chi connectivity index (χ2v) is 5.06. The zero-order chi connectivity index (χ0) is 11.5. The Labute approximate surface area is 97.1 Å². The molecule has 1 fully saturated rings. The molecule has 1 unspecified atom stereocenters. The van der Waals surface area contributed by atoms with Gasteiger partial charge in [-0.2, -0.15) is 0 Å². The minimum absolute atomic E-state index is 0.100. The Morgan fingerprint density at radius 1 is 1.44 bits per heavy atom. The standard InChI is InChI=1S/C14H20FN/c1-10-3-6-14(15)13(7-10)9-16-11(2)8-12-4-5-12/h3,6-7,11-12,16H,4-5,8-9H2,1-2H3. The number of rotatable bonds is 5. The maximum atomic E-state index is 13.5. The van der Waals surface area contributed by atoms with Crippen LogP contribution < -0.4 is 5.32 Å². The summed E-state index contributed by atoms with van der Waals surface area (Å²) in [6.07, 6.45) is 3.99. The Morgan fingerprint density at radius 2 is 2.19 bits per heavy atom. The monoisotopic (exact) mass is 221 g/mol. The van der Waals surface area contributed by atoms with Gasteiger partial charge in [0.2, 0.25) is 0 Å². The van der Waals surface area contributed by atoms with Crippen molar-refractivity contribution in [1.29, 1.82) is 0 Å². The Kier molecular flexibility index (Phi) is 3.59. The lowest BCUT2D eigenvalue weighted by Crippen LogP contribution is -2.26. The van der Waals surface area contributed by atoms with Gasteiger partial charge in [0, 0.05) is 18.2 Å². The maximum Gasteiger partial charge on any atom is 0.127 e. The molecule has 16 heavy (non-hydrogen) atoms. The summed E-state index contributed by atoms with van der Waals surface area (Å²) in [5.74, 6) is 0.821. The van der Waals surface area contributed by atoms with Crippen molar-refractivity contribution in [3.05, 3.63) is 35.1 Å². The van der Waals surface area contributed by atoms with Crippen molar-refractivity contribution in [1.82, 2.24) is 5.32 Å². The van der Waals surface area contributed by atoms with Gasteiger partial charge in [0.25, 0.3) is 0 Å². The van der Waals surface area contributed by atoms with Crippen LogP contribution in [0.25, 0.3) is 0 Å². The SMILES string of the molecule is Cc1ccc(F)c(CNC(C)CC2CC2)c1. The van der Waals surface area contributed by atoms with Gasteiger partial charge in [-0.25, -0.2) is 4.39 Å². The summed E-state index contributed by atoms with van der Waals surface area (Å²) in [4.78, 5) is 0. The van der Waals surface area contributed by atoms with E-state index in [9.17, 15) is 4.39 Å². The number of halogens is 1. The highest BCUT2D eigenvalue weighted by atomic mass is 19.1. The van der Waals surface area contributed by atoms with Crippen LogP contribution in [0.3, 0.4) is 0 Å². The molecule has 0 saturated heterocycles. The van der Waals surface area contributed by atoms with Crippen molar-refractivity contribution in [3.63, 3.8) is 0 Å². The van der Waals surface area contributed by atoms with Crippen LogP contribution in [0.4, 0.5) is 4.39 Å². The number of aryl methyl sites for hydroxylation is 1.